The molecule has 0 fully saturated rings. The SMILES string of the molecule is CC[C@@H](C)NC(=O)[C@@H](Cc1ccccc1)N(Cc1cccc(C)c1)C(=O)CN(c1cccc([N+](=O)[O-])c1)S(=O)(=O)c1ccccc1. The number of hydrogen-bond donors (Lipinski definition) is 1. The molecule has 2 amide bonds. The fourth-order valence-electron chi connectivity index (χ4n) is 5.01. The monoisotopic (exact) mass is 642 g/mol. The first kappa shape index (κ1) is 33.9. The lowest BCUT2D eigenvalue weighted by molar-refractivity contribution is -0.384. The van der Waals surface area contributed by atoms with Crippen LogP contribution in [-0.2, 0) is 32.6 Å². The topological polar surface area (TPSA) is 130 Å². The minimum Gasteiger partial charge on any atom is -0.352 e. The molecule has 4 aromatic rings. The molecule has 0 heterocycles. The minimum atomic E-state index is -4.37. The van der Waals surface area contributed by atoms with Crippen LogP contribution < -0.4 is 9.62 Å². The fraction of sp³-hybridized carbons (Fsp3) is 0.257. The van der Waals surface area contributed by atoms with Crippen molar-refractivity contribution in [3.05, 3.63) is 136 Å². The maximum Gasteiger partial charge on any atom is 0.271 e. The van der Waals surface area contributed by atoms with Crippen LogP contribution in [-0.4, -0.2) is 48.7 Å². The van der Waals surface area contributed by atoms with Crippen LogP contribution in [0.5, 0.6) is 0 Å². The second-order valence-corrected chi connectivity index (χ2v) is 13.0. The molecule has 0 aromatic heterocycles. The minimum absolute atomic E-state index is 0.0279. The summed E-state index contributed by atoms with van der Waals surface area (Å²) in [5.41, 5.74) is 2.16. The van der Waals surface area contributed by atoms with Gasteiger partial charge in [0, 0.05) is 31.1 Å². The van der Waals surface area contributed by atoms with Gasteiger partial charge in [0.2, 0.25) is 11.8 Å². The number of aryl methyl sites for hydroxylation is 1. The standard InChI is InChI=1S/C35H38N4O6S/c1-4-27(3)36-35(41)33(22-28-14-7-5-8-15-28)37(24-29-16-11-13-26(2)21-29)34(40)25-38(30-17-12-18-31(23-30)39(42)43)46(44,45)32-19-9-6-10-20-32/h5-21,23,27,33H,4,22,24-25H2,1-3H3,(H,36,41)/t27-,33-/m1/s1. The second kappa shape index (κ2) is 15.3. The quantitative estimate of drug-likeness (QED) is 0.140. The molecule has 0 aliphatic heterocycles. The van der Waals surface area contributed by atoms with Gasteiger partial charge in [-0.3, -0.25) is 24.0 Å². The zero-order valence-electron chi connectivity index (χ0n) is 26.1. The molecule has 0 bridgehead atoms. The number of nitro groups is 1. The van der Waals surface area contributed by atoms with E-state index >= 15 is 0 Å². The highest BCUT2D eigenvalue weighted by Gasteiger charge is 2.35. The van der Waals surface area contributed by atoms with Gasteiger partial charge >= 0.3 is 0 Å². The van der Waals surface area contributed by atoms with Crippen molar-refractivity contribution in [1.29, 1.82) is 0 Å². The van der Waals surface area contributed by atoms with Gasteiger partial charge in [0.15, 0.2) is 0 Å². The first-order valence-electron chi connectivity index (χ1n) is 15.0. The number of carbonyl (C=O) groups excluding carboxylic acids is 2. The Bertz CT molecular complexity index is 1770. The third kappa shape index (κ3) is 8.57. The van der Waals surface area contributed by atoms with Gasteiger partial charge in [0.05, 0.1) is 15.5 Å². The van der Waals surface area contributed by atoms with E-state index in [-0.39, 0.29) is 41.2 Å². The Hall–Kier alpha value is -5.03. The van der Waals surface area contributed by atoms with E-state index in [1.165, 1.54) is 35.2 Å². The summed E-state index contributed by atoms with van der Waals surface area (Å²) in [6, 6.07) is 28.4. The molecule has 240 valence electrons. The van der Waals surface area contributed by atoms with Crippen molar-refractivity contribution in [3.8, 4) is 0 Å². The Morgan fingerprint density at radius 1 is 0.870 bits per heavy atom. The second-order valence-electron chi connectivity index (χ2n) is 11.1. The average Bonchev–Trinajstić information content (AvgIpc) is 3.05. The van der Waals surface area contributed by atoms with Gasteiger partial charge in [-0.05, 0) is 49.6 Å². The number of nitrogens with one attached hydrogen (secondary N) is 1. The third-order valence-corrected chi connectivity index (χ3v) is 9.43. The van der Waals surface area contributed by atoms with Crippen molar-refractivity contribution in [3.63, 3.8) is 0 Å². The summed E-state index contributed by atoms with van der Waals surface area (Å²) in [6.45, 7) is 5.06. The summed E-state index contributed by atoms with van der Waals surface area (Å²) in [5, 5.41) is 14.6. The van der Waals surface area contributed by atoms with Crippen LogP contribution in [0.4, 0.5) is 11.4 Å². The van der Waals surface area contributed by atoms with E-state index in [1.54, 1.807) is 18.2 Å². The number of benzene rings is 4. The highest BCUT2D eigenvalue weighted by Crippen LogP contribution is 2.28. The van der Waals surface area contributed by atoms with Crippen LogP contribution in [0.15, 0.2) is 114 Å². The highest BCUT2D eigenvalue weighted by molar-refractivity contribution is 7.92. The van der Waals surface area contributed by atoms with E-state index < -0.39 is 33.4 Å². The lowest BCUT2D eigenvalue weighted by atomic mass is 10.0. The van der Waals surface area contributed by atoms with E-state index in [4.69, 9.17) is 0 Å². The summed E-state index contributed by atoms with van der Waals surface area (Å²) in [7, 11) is -4.37. The zero-order valence-corrected chi connectivity index (χ0v) is 26.9. The first-order valence-corrected chi connectivity index (χ1v) is 16.4. The Labute approximate surface area is 269 Å². The molecule has 0 unspecified atom stereocenters. The molecule has 0 spiro atoms. The van der Waals surface area contributed by atoms with Crippen molar-refractivity contribution in [2.75, 3.05) is 10.8 Å². The van der Waals surface area contributed by atoms with Crippen LogP contribution >= 0.6 is 0 Å². The molecular formula is C35H38N4O6S. The van der Waals surface area contributed by atoms with E-state index in [2.05, 4.69) is 5.32 Å². The van der Waals surface area contributed by atoms with E-state index in [0.29, 0.717) is 6.42 Å². The number of hydrogen-bond acceptors (Lipinski definition) is 6. The van der Waals surface area contributed by atoms with Crippen molar-refractivity contribution in [2.24, 2.45) is 0 Å². The summed E-state index contributed by atoms with van der Waals surface area (Å²) < 4.78 is 29.0. The largest absolute Gasteiger partial charge is 0.352 e. The molecule has 0 saturated heterocycles. The molecule has 4 aromatic carbocycles. The van der Waals surface area contributed by atoms with E-state index in [9.17, 15) is 28.1 Å². The summed E-state index contributed by atoms with van der Waals surface area (Å²) in [5.74, 6) is -1.01. The van der Waals surface area contributed by atoms with Gasteiger partial charge in [0.1, 0.15) is 12.6 Å². The number of non-ortho nitro benzene ring substituents is 1. The Balaban J connectivity index is 1.83. The number of sulfonamides is 1. The van der Waals surface area contributed by atoms with Crippen LogP contribution in [0, 0.1) is 17.0 Å². The molecule has 0 aliphatic carbocycles. The van der Waals surface area contributed by atoms with Crippen LogP contribution in [0.25, 0.3) is 0 Å². The molecule has 4 rings (SSSR count). The van der Waals surface area contributed by atoms with Crippen molar-refractivity contribution < 1.29 is 22.9 Å². The third-order valence-electron chi connectivity index (χ3n) is 7.65. The Morgan fingerprint density at radius 2 is 1.50 bits per heavy atom. The maximum absolute atomic E-state index is 14.5. The Kier molecular flexibility index (Phi) is 11.3. The van der Waals surface area contributed by atoms with Gasteiger partial charge in [-0.15, -0.1) is 0 Å². The summed E-state index contributed by atoms with van der Waals surface area (Å²) in [6.07, 6.45) is 0.856. The molecule has 46 heavy (non-hydrogen) atoms. The fourth-order valence-corrected chi connectivity index (χ4v) is 6.44. The molecule has 0 radical (unpaired) electrons. The van der Waals surface area contributed by atoms with Crippen molar-refractivity contribution >= 4 is 33.2 Å². The number of carbonyl (C=O) groups is 2. The van der Waals surface area contributed by atoms with Crippen LogP contribution in [0.3, 0.4) is 0 Å². The van der Waals surface area contributed by atoms with E-state index in [1.807, 2.05) is 75.4 Å². The lowest BCUT2D eigenvalue weighted by Gasteiger charge is -2.34. The van der Waals surface area contributed by atoms with Gasteiger partial charge in [-0.25, -0.2) is 8.42 Å². The van der Waals surface area contributed by atoms with Gasteiger partial charge in [-0.2, -0.15) is 0 Å². The molecule has 10 nitrogen and oxygen atoms in total. The van der Waals surface area contributed by atoms with Gasteiger partial charge in [0.25, 0.3) is 15.7 Å². The Morgan fingerprint density at radius 3 is 2.13 bits per heavy atom. The molecular weight excluding hydrogens is 604 g/mol. The maximum atomic E-state index is 14.5. The highest BCUT2D eigenvalue weighted by atomic mass is 32.2. The smallest absolute Gasteiger partial charge is 0.271 e. The molecule has 0 aliphatic rings. The average molecular weight is 643 g/mol. The van der Waals surface area contributed by atoms with Crippen molar-refractivity contribution in [2.45, 2.75) is 57.1 Å². The first-order chi connectivity index (χ1) is 22.0. The molecule has 11 heteroatoms. The number of anilines is 1. The zero-order chi connectivity index (χ0) is 33.3. The summed E-state index contributed by atoms with van der Waals surface area (Å²) in [4.78, 5) is 40.7. The lowest BCUT2D eigenvalue weighted by Crippen LogP contribution is -2.54. The number of nitrogens with zero attached hydrogens (tertiary/aromatic N) is 3. The van der Waals surface area contributed by atoms with Gasteiger partial charge < -0.3 is 10.2 Å². The number of nitro benzene ring substituents is 1. The van der Waals surface area contributed by atoms with Gasteiger partial charge in [-0.1, -0.05) is 91.3 Å². The number of amides is 2. The predicted molar refractivity (Wildman–Crippen MR) is 178 cm³/mol. The van der Waals surface area contributed by atoms with Crippen LogP contribution in [0.2, 0.25) is 0 Å². The van der Waals surface area contributed by atoms with Crippen molar-refractivity contribution in [1.82, 2.24) is 10.2 Å². The predicted octanol–water partition coefficient (Wildman–Crippen LogP) is 5.65. The normalized spacial score (nSPS) is 12.5. The molecule has 1 N–H and O–H groups in total. The summed E-state index contributed by atoms with van der Waals surface area (Å²) >= 11 is 0. The van der Waals surface area contributed by atoms with E-state index in [0.717, 1.165) is 27.1 Å². The molecule has 0 saturated carbocycles. The number of rotatable bonds is 14. The van der Waals surface area contributed by atoms with Crippen LogP contribution in [0.1, 0.15) is 37.0 Å². The molecule has 2 atom stereocenters.